The fourth-order valence-electron chi connectivity index (χ4n) is 6.86. The molecule has 2 aliphatic carbocycles. The highest BCUT2D eigenvalue weighted by molar-refractivity contribution is 5.93. The number of benzene rings is 1. The molecule has 0 unspecified atom stereocenters. The van der Waals surface area contributed by atoms with Crippen molar-refractivity contribution in [3.63, 3.8) is 0 Å². The van der Waals surface area contributed by atoms with E-state index in [1.165, 1.54) is 108 Å². The van der Waals surface area contributed by atoms with E-state index in [0.29, 0.717) is 0 Å². The summed E-state index contributed by atoms with van der Waals surface area (Å²) in [5.74, 6) is 1.73. The topological polar surface area (TPSA) is 15.6 Å². The Labute approximate surface area is 185 Å². The summed E-state index contributed by atoms with van der Waals surface area (Å²) < 4.78 is 0. The molecule has 0 atom stereocenters. The van der Waals surface area contributed by atoms with Crippen molar-refractivity contribution in [2.75, 3.05) is 26.7 Å². The van der Waals surface area contributed by atoms with E-state index in [1.807, 2.05) is 7.05 Å². The maximum atomic E-state index is 4.68. The lowest BCUT2D eigenvalue weighted by Gasteiger charge is -2.39. The van der Waals surface area contributed by atoms with Crippen LogP contribution in [0.5, 0.6) is 0 Å². The van der Waals surface area contributed by atoms with Gasteiger partial charge in [-0.3, -0.25) is 4.99 Å². The predicted octanol–water partition coefficient (Wildman–Crippen LogP) is 7.05. The molecule has 1 aromatic rings. The lowest BCUT2D eigenvalue weighted by molar-refractivity contribution is 0.164. The second-order valence-electron chi connectivity index (χ2n) is 10.6. The third-order valence-electron chi connectivity index (χ3n) is 8.80. The van der Waals surface area contributed by atoms with Gasteiger partial charge in [-0.2, -0.15) is 0 Å². The molecule has 0 spiro atoms. The van der Waals surface area contributed by atoms with Crippen molar-refractivity contribution in [2.45, 2.75) is 102 Å². The summed E-state index contributed by atoms with van der Waals surface area (Å²) in [6, 6.07) is 7.50. The molecule has 0 bridgehead atoms. The van der Waals surface area contributed by atoms with Gasteiger partial charge < -0.3 is 4.90 Å². The largest absolute Gasteiger partial charge is 0.303 e. The Kier molecular flexibility index (Phi) is 7.34. The third kappa shape index (κ3) is 4.69. The Morgan fingerprint density at radius 3 is 2.27 bits per heavy atom. The average Bonchev–Trinajstić information content (AvgIpc) is 2.80. The van der Waals surface area contributed by atoms with Crippen molar-refractivity contribution in [2.24, 2.45) is 10.9 Å². The summed E-state index contributed by atoms with van der Waals surface area (Å²) >= 11 is 0. The van der Waals surface area contributed by atoms with Crippen LogP contribution in [0.2, 0.25) is 0 Å². The van der Waals surface area contributed by atoms with Crippen LogP contribution in [-0.4, -0.2) is 37.3 Å². The molecule has 1 aromatic carbocycles. The summed E-state index contributed by atoms with van der Waals surface area (Å²) in [4.78, 5) is 7.45. The molecule has 0 radical (unpaired) electrons. The maximum absolute atomic E-state index is 4.68. The van der Waals surface area contributed by atoms with E-state index in [1.54, 1.807) is 11.1 Å². The van der Waals surface area contributed by atoms with E-state index in [0.717, 1.165) is 11.8 Å². The third-order valence-corrected chi connectivity index (χ3v) is 8.80. The van der Waals surface area contributed by atoms with E-state index in [4.69, 9.17) is 0 Å². The van der Waals surface area contributed by atoms with Crippen molar-refractivity contribution in [1.82, 2.24) is 4.90 Å². The fraction of sp³-hybridized carbons (Fsp3) is 0.750. The Hall–Kier alpha value is -1.15. The van der Waals surface area contributed by atoms with E-state index < -0.39 is 0 Å². The summed E-state index contributed by atoms with van der Waals surface area (Å²) in [5, 5.41) is 0. The molecule has 1 saturated heterocycles. The maximum Gasteiger partial charge on any atom is 0.0331 e. The van der Waals surface area contributed by atoms with Gasteiger partial charge in [-0.05, 0) is 94.0 Å². The van der Waals surface area contributed by atoms with Crippen LogP contribution in [0.4, 0.5) is 0 Å². The quantitative estimate of drug-likeness (QED) is 0.477. The first kappa shape index (κ1) is 22.1. The van der Waals surface area contributed by atoms with Crippen LogP contribution in [0.1, 0.15) is 107 Å². The molecule has 166 valence electrons. The zero-order chi connectivity index (χ0) is 21.0. The average molecular weight is 409 g/mol. The van der Waals surface area contributed by atoms with Gasteiger partial charge in [0.1, 0.15) is 0 Å². The first-order valence-electron chi connectivity index (χ1n) is 12.9. The normalized spacial score (nSPS) is 24.8. The minimum absolute atomic E-state index is 0.193. The van der Waals surface area contributed by atoms with Crippen molar-refractivity contribution in [3.05, 3.63) is 34.9 Å². The van der Waals surface area contributed by atoms with Crippen molar-refractivity contribution >= 4 is 5.71 Å². The van der Waals surface area contributed by atoms with Gasteiger partial charge in [-0.1, -0.05) is 56.7 Å². The van der Waals surface area contributed by atoms with Crippen LogP contribution in [0.25, 0.3) is 0 Å². The number of hydrogen-bond acceptors (Lipinski definition) is 2. The zero-order valence-electron chi connectivity index (χ0n) is 19.9. The van der Waals surface area contributed by atoms with Crippen LogP contribution < -0.4 is 0 Å². The Bertz CT molecular complexity index is 714. The molecule has 30 heavy (non-hydrogen) atoms. The molecule has 2 heteroatoms. The lowest BCUT2D eigenvalue weighted by atomic mass is 9.65. The number of nitrogens with zero attached hydrogens (tertiary/aromatic N) is 2. The molecule has 1 heterocycles. The molecule has 3 fully saturated rings. The van der Waals surface area contributed by atoms with Gasteiger partial charge in [0, 0.05) is 24.7 Å². The lowest BCUT2D eigenvalue weighted by Crippen LogP contribution is -2.38. The predicted molar refractivity (Wildman–Crippen MR) is 130 cm³/mol. The summed E-state index contributed by atoms with van der Waals surface area (Å²) in [6.07, 6.45) is 16.7. The molecule has 0 amide bonds. The van der Waals surface area contributed by atoms with Gasteiger partial charge in [-0.15, -0.1) is 0 Å². The molecule has 0 aromatic heterocycles. The van der Waals surface area contributed by atoms with Crippen molar-refractivity contribution < 1.29 is 0 Å². The van der Waals surface area contributed by atoms with Crippen molar-refractivity contribution in [1.29, 1.82) is 0 Å². The monoisotopic (exact) mass is 408 g/mol. The molecule has 1 aliphatic heterocycles. The zero-order valence-corrected chi connectivity index (χ0v) is 19.9. The summed E-state index contributed by atoms with van der Waals surface area (Å²) in [7, 11) is 1.98. The SMILES string of the molecule is CN=C(C)C1(c2ccc(C3CCN(CC4CCCCC4)CC3)cc2C)CCCCC1. The molecular formula is C28H44N2. The standard InChI is InChI=1S/C28H44N2/c1-22-20-26(12-13-27(22)28(23(2)29-3)16-8-5-9-17-28)25-14-18-30(19-15-25)21-24-10-6-4-7-11-24/h12-13,20,24-25H,4-11,14-19,21H2,1-3H3. The smallest absolute Gasteiger partial charge is 0.0331 e. The number of likely N-dealkylation sites (tertiary alicyclic amines) is 1. The summed E-state index contributed by atoms with van der Waals surface area (Å²) in [5.41, 5.74) is 6.18. The van der Waals surface area contributed by atoms with Gasteiger partial charge in [0.25, 0.3) is 0 Å². The molecular weight excluding hydrogens is 364 g/mol. The fourth-order valence-corrected chi connectivity index (χ4v) is 6.86. The van der Waals surface area contributed by atoms with Crippen molar-refractivity contribution in [3.8, 4) is 0 Å². The van der Waals surface area contributed by atoms with E-state index in [2.05, 4.69) is 41.9 Å². The number of hydrogen-bond donors (Lipinski definition) is 0. The number of aliphatic imine (C=N–C) groups is 1. The Morgan fingerprint density at radius 1 is 0.967 bits per heavy atom. The Balaban J connectivity index is 1.42. The molecule has 2 nitrogen and oxygen atoms in total. The number of aryl methyl sites for hydroxylation is 1. The second-order valence-corrected chi connectivity index (χ2v) is 10.6. The van der Waals surface area contributed by atoms with Gasteiger partial charge >= 0.3 is 0 Å². The number of rotatable bonds is 5. The van der Waals surface area contributed by atoms with Crippen LogP contribution in [0, 0.1) is 12.8 Å². The van der Waals surface area contributed by atoms with Crippen LogP contribution >= 0.6 is 0 Å². The highest BCUT2D eigenvalue weighted by Gasteiger charge is 2.37. The second kappa shape index (κ2) is 9.98. The van der Waals surface area contributed by atoms with E-state index in [-0.39, 0.29) is 5.41 Å². The van der Waals surface area contributed by atoms with E-state index in [9.17, 15) is 0 Å². The minimum Gasteiger partial charge on any atom is -0.303 e. The first-order valence-corrected chi connectivity index (χ1v) is 12.9. The minimum atomic E-state index is 0.193. The van der Waals surface area contributed by atoms with Crippen LogP contribution in [0.3, 0.4) is 0 Å². The summed E-state index contributed by atoms with van der Waals surface area (Å²) in [6.45, 7) is 8.58. The van der Waals surface area contributed by atoms with Gasteiger partial charge in [-0.25, -0.2) is 0 Å². The van der Waals surface area contributed by atoms with E-state index >= 15 is 0 Å². The van der Waals surface area contributed by atoms with Gasteiger partial charge in [0.15, 0.2) is 0 Å². The molecule has 0 N–H and O–H groups in total. The van der Waals surface area contributed by atoms with Crippen LogP contribution in [-0.2, 0) is 5.41 Å². The Morgan fingerprint density at radius 2 is 1.63 bits per heavy atom. The molecule has 3 aliphatic rings. The molecule has 2 saturated carbocycles. The number of piperidine rings is 1. The highest BCUT2D eigenvalue weighted by atomic mass is 15.1. The molecule has 4 rings (SSSR count). The van der Waals surface area contributed by atoms with Gasteiger partial charge in [0.2, 0.25) is 0 Å². The van der Waals surface area contributed by atoms with Gasteiger partial charge in [0.05, 0.1) is 0 Å². The van der Waals surface area contributed by atoms with Crippen LogP contribution in [0.15, 0.2) is 23.2 Å². The highest BCUT2D eigenvalue weighted by Crippen LogP contribution is 2.43. The first-order chi connectivity index (χ1) is 14.6.